The molecule has 0 spiro atoms. The van der Waals surface area contributed by atoms with Gasteiger partial charge in [0.15, 0.2) is 6.10 Å². The summed E-state index contributed by atoms with van der Waals surface area (Å²) in [6.07, 6.45) is 1.13. The van der Waals surface area contributed by atoms with Crippen LogP contribution in [0, 0.1) is 0 Å². The molecule has 0 radical (unpaired) electrons. The van der Waals surface area contributed by atoms with Gasteiger partial charge in [0.1, 0.15) is 5.75 Å². The van der Waals surface area contributed by atoms with Crippen molar-refractivity contribution in [2.24, 2.45) is 0 Å². The molecule has 1 aromatic carbocycles. The number of ether oxygens (including phenoxy) is 1. The number of amides is 1. The first-order valence-electron chi connectivity index (χ1n) is 8.69. The van der Waals surface area contributed by atoms with Gasteiger partial charge < -0.3 is 19.9 Å². The van der Waals surface area contributed by atoms with E-state index in [1.54, 1.807) is 24.3 Å². The minimum absolute atomic E-state index is 0.0502. The first-order chi connectivity index (χ1) is 11.6. The molecule has 1 saturated heterocycles. The number of carbonyl (C=O) groups excluding carboxylic acids is 1. The van der Waals surface area contributed by atoms with Crippen LogP contribution in [0.1, 0.15) is 19.8 Å². The molecule has 0 aromatic heterocycles. The number of likely N-dealkylation sites (N-methyl/N-ethyl adjacent to an activating group) is 1. The van der Waals surface area contributed by atoms with E-state index in [4.69, 9.17) is 16.3 Å². The summed E-state index contributed by atoms with van der Waals surface area (Å²) in [6, 6.07) is 7.09. The highest BCUT2D eigenvalue weighted by Gasteiger charge is 2.18. The quantitative estimate of drug-likeness (QED) is 0.728. The Morgan fingerprint density at radius 1 is 1.25 bits per heavy atom. The largest absolute Gasteiger partial charge is 0.481 e. The van der Waals surface area contributed by atoms with E-state index in [0.717, 1.165) is 39.1 Å². The van der Waals surface area contributed by atoms with Crippen molar-refractivity contribution in [3.8, 4) is 5.75 Å². The molecule has 24 heavy (non-hydrogen) atoms. The highest BCUT2D eigenvalue weighted by molar-refractivity contribution is 6.30. The van der Waals surface area contributed by atoms with Gasteiger partial charge in [-0.05, 0) is 50.7 Å². The van der Waals surface area contributed by atoms with Crippen LogP contribution in [0.25, 0.3) is 0 Å². The van der Waals surface area contributed by atoms with Crippen LogP contribution in [0.15, 0.2) is 24.3 Å². The molecule has 1 aliphatic rings. The van der Waals surface area contributed by atoms with Gasteiger partial charge in [-0.15, -0.1) is 0 Å². The van der Waals surface area contributed by atoms with E-state index in [0.29, 0.717) is 23.7 Å². The number of nitrogens with one attached hydrogen (secondary N) is 1. The highest BCUT2D eigenvalue weighted by Crippen LogP contribution is 2.17. The van der Waals surface area contributed by atoms with E-state index in [1.165, 1.54) is 0 Å². The van der Waals surface area contributed by atoms with Gasteiger partial charge in [-0.2, -0.15) is 0 Å². The second-order valence-corrected chi connectivity index (χ2v) is 6.69. The van der Waals surface area contributed by atoms with Crippen molar-refractivity contribution in [1.29, 1.82) is 0 Å². The Morgan fingerprint density at radius 3 is 2.54 bits per heavy atom. The second-order valence-electron chi connectivity index (χ2n) is 6.26. The number of benzene rings is 1. The van der Waals surface area contributed by atoms with Crippen molar-refractivity contribution in [3.05, 3.63) is 29.3 Å². The van der Waals surface area contributed by atoms with Crippen molar-refractivity contribution in [1.82, 2.24) is 15.1 Å². The number of piperazine rings is 1. The lowest BCUT2D eigenvalue weighted by atomic mass is 10.2. The Bertz CT molecular complexity index is 501. The van der Waals surface area contributed by atoms with Crippen molar-refractivity contribution in [2.45, 2.75) is 25.9 Å². The zero-order valence-corrected chi connectivity index (χ0v) is 15.4. The van der Waals surface area contributed by atoms with Gasteiger partial charge in [0, 0.05) is 37.7 Å². The Hall–Kier alpha value is -1.30. The first-order valence-corrected chi connectivity index (χ1v) is 9.07. The first kappa shape index (κ1) is 19.0. The van der Waals surface area contributed by atoms with Crippen LogP contribution < -0.4 is 10.1 Å². The molecule has 134 valence electrons. The van der Waals surface area contributed by atoms with Gasteiger partial charge in [-0.25, -0.2) is 0 Å². The zero-order chi connectivity index (χ0) is 17.4. The standard InChI is InChI=1S/C18H28ClN3O2/c1-3-17(24-16-7-5-15(19)6-8-16)18(23)20-9-4-10-22-13-11-21(2)12-14-22/h5-8,17H,3-4,9-14H2,1-2H3,(H,20,23)/t17-/m0/s1. The van der Waals surface area contributed by atoms with Crippen LogP contribution in [0.3, 0.4) is 0 Å². The number of hydrogen-bond donors (Lipinski definition) is 1. The van der Waals surface area contributed by atoms with E-state index in [9.17, 15) is 4.79 Å². The van der Waals surface area contributed by atoms with Gasteiger partial charge in [0.05, 0.1) is 0 Å². The summed E-state index contributed by atoms with van der Waals surface area (Å²) in [6.45, 7) is 8.14. The average Bonchev–Trinajstić information content (AvgIpc) is 2.59. The summed E-state index contributed by atoms with van der Waals surface area (Å²) in [5.74, 6) is 0.615. The smallest absolute Gasteiger partial charge is 0.261 e. The van der Waals surface area contributed by atoms with Gasteiger partial charge in [-0.3, -0.25) is 4.79 Å². The third kappa shape index (κ3) is 6.30. The molecule has 1 fully saturated rings. The van der Waals surface area contributed by atoms with Crippen molar-refractivity contribution < 1.29 is 9.53 Å². The molecule has 0 saturated carbocycles. The predicted octanol–water partition coefficient (Wildman–Crippen LogP) is 2.25. The van der Waals surface area contributed by atoms with Crippen LogP contribution in [-0.2, 0) is 4.79 Å². The fraction of sp³-hybridized carbons (Fsp3) is 0.611. The van der Waals surface area contributed by atoms with Gasteiger partial charge in [-0.1, -0.05) is 18.5 Å². The average molecular weight is 354 g/mol. The Morgan fingerprint density at radius 2 is 1.92 bits per heavy atom. The summed E-state index contributed by atoms with van der Waals surface area (Å²) in [5, 5.41) is 3.64. The molecule has 0 unspecified atom stereocenters. The van der Waals surface area contributed by atoms with Crippen LogP contribution in [-0.4, -0.2) is 68.1 Å². The molecule has 1 aromatic rings. The van der Waals surface area contributed by atoms with Crippen LogP contribution >= 0.6 is 11.6 Å². The lowest BCUT2D eigenvalue weighted by Gasteiger charge is -2.32. The fourth-order valence-electron chi connectivity index (χ4n) is 2.70. The number of halogens is 1. The van der Waals surface area contributed by atoms with Crippen molar-refractivity contribution >= 4 is 17.5 Å². The maximum Gasteiger partial charge on any atom is 0.261 e. The second kappa shape index (κ2) is 9.87. The zero-order valence-electron chi connectivity index (χ0n) is 14.6. The fourth-order valence-corrected chi connectivity index (χ4v) is 2.83. The predicted molar refractivity (Wildman–Crippen MR) is 97.7 cm³/mol. The molecule has 0 bridgehead atoms. The van der Waals surface area contributed by atoms with E-state index in [-0.39, 0.29) is 5.91 Å². The number of carbonyl (C=O) groups is 1. The summed E-state index contributed by atoms with van der Waals surface area (Å²) in [4.78, 5) is 17.1. The Labute approximate surface area is 149 Å². The lowest BCUT2D eigenvalue weighted by molar-refractivity contribution is -0.128. The monoisotopic (exact) mass is 353 g/mol. The molecular weight excluding hydrogens is 326 g/mol. The molecule has 0 aliphatic carbocycles. The summed E-state index contributed by atoms with van der Waals surface area (Å²) in [7, 11) is 2.16. The minimum atomic E-state index is -0.463. The van der Waals surface area contributed by atoms with Gasteiger partial charge in [0.2, 0.25) is 0 Å². The normalized spacial score (nSPS) is 17.5. The van der Waals surface area contributed by atoms with Crippen LogP contribution in [0.2, 0.25) is 5.02 Å². The number of nitrogens with zero attached hydrogens (tertiary/aromatic N) is 2. The summed E-state index contributed by atoms with van der Waals surface area (Å²) in [5.41, 5.74) is 0. The van der Waals surface area contributed by atoms with Crippen LogP contribution in [0.4, 0.5) is 0 Å². The summed E-state index contributed by atoms with van der Waals surface area (Å²) < 4.78 is 5.75. The highest BCUT2D eigenvalue weighted by atomic mass is 35.5. The van der Waals surface area contributed by atoms with E-state index < -0.39 is 6.10 Å². The molecule has 1 aliphatic heterocycles. The minimum Gasteiger partial charge on any atom is -0.481 e. The maximum absolute atomic E-state index is 12.3. The van der Waals surface area contributed by atoms with Gasteiger partial charge in [0.25, 0.3) is 5.91 Å². The molecule has 1 N–H and O–H groups in total. The Balaban J connectivity index is 1.67. The SMILES string of the molecule is CC[C@H](Oc1ccc(Cl)cc1)C(=O)NCCCN1CCN(C)CC1. The van der Waals surface area contributed by atoms with E-state index in [1.807, 2.05) is 6.92 Å². The molecule has 1 amide bonds. The van der Waals surface area contributed by atoms with Crippen molar-refractivity contribution in [2.75, 3.05) is 46.3 Å². The lowest BCUT2D eigenvalue weighted by Crippen LogP contribution is -2.45. The third-order valence-corrected chi connectivity index (χ3v) is 4.55. The topological polar surface area (TPSA) is 44.8 Å². The van der Waals surface area contributed by atoms with E-state index in [2.05, 4.69) is 22.2 Å². The molecule has 1 atom stereocenters. The van der Waals surface area contributed by atoms with E-state index >= 15 is 0 Å². The molecule has 1 heterocycles. The molecule has 5 nitrogen and oxygen atoms in total. The number of rotatable bonds is 8. The van der Waals surface area contributed by atoms with Gasteiger partial charge >= 0.3 is 0 Å². The number of hydrogen-bond acceptors (Lipinski definition) is 4. The molecule has 2 rings (SSSR count). The third-order valence-electron chi connectivity index (χ3n) is 4.30. The Kier molecular flexibility index (Phi) is 7.82. The van der Waals surface area contributed by atoms with Crippen molar-refractivity contribution in [3.63, 3.8) is 0 Å². The summed E-state index contributed by atoms with van der Waals surface area (Å²) >= 11 is 5.86. The molecular formula is C18H28ClN3O2. The maximum atomic E-state index is 12.3. The van der Waals surface area contributed by atoms with Crippen LogP contribution in [0.5, 0.6) is 5.75 Å². The molecule has 6 heteroatoms.